The summed E-state index contributed by atoms with van der Waals surface area (Å²) in [4.78, 5) is 11.6. The first-order valence-corrected chi connectivity index (χ1v) is 5.24. The first kappa shape index (κ1) is 8.73. The second-order valence-corrected chi connectivity index (χ2v) is 4.19. The minimum Gasteiger partial charge on any atom is -0.420 e. The fourth-order valence-corrected chi connectivity index (χ4v) is 2.10. The van der Waals surface area contributed by atoms with E-state index in [0.717, 1.165) is 9.99 Å². The average Bonchev–Trinajstić information content (AvgIpc) is 2.61. The van der Waals surface area contributed by atoms with E-state index in [-0.39, 0.29) is 5.63 Å². The summed E-state index contributed by atoms with van der Waals surface area (Å²) in [5.74, 6) is 0. The molecule has 15 heavy (non-hydrogen) atoms. The molecule has 0 fully saturated rings. The number of rotatable bonds is 0. The smallest absolute Gasteiger partial charge is 0.360 e. The predicted octanol–water partition coefficient (Wildman–Crippen LogP) is 2.81. The van der Waals surface area contributed by atoms with Crippen molar-refractivity contribution in [3.63, 3.8) is 0 Å². The highest BCUT2D eigenvalue weighted by molar-refractivity contribution is 9.10. The molecule has 4 heteroatoms. The molecule has 1 aromatic carbocycles. The molecule has 0 aliphatic carbocycles. The molecule has 0 bridgehead atoms. The van der Waals surface area contributed by atoms with Crippen LogP contribution in [0.15, 0.2) is 50.2 Å². The monoisotopic (exact) mass is 263 g/mol. The molecule has 2 aromatic heterocycles. The summed E-state index contributed by atoms with van der Waals surface area (Å²) in [5, 5.41) is 0. The average molecular weight is 264 g/mol. The number of aromatic nitrogens is 1. The lowest BCUT2D eigenvalue weighted by atomic mass is 10.3. The Bertz CT molecular complexity index is 711. The zero-order valence-electron chi connectivity index (χ0n) is 7.61. The molecule has 0 unspecified atom stereocenters. The zero-order chi connectivity index (χ0) is 10.4. The molecule has 0 aliphatic rings. The van der Waals surface area contributed by atoms with E-state index in [9.17, 15) is 4.79 Å². The molecule has 0 aliphatic heterocycles. The highest BCUT2D eigenvalue weighted by Crippen LogP contribution is 2.19. The van der Waals surface area contributed by atoms with Gasteiger partial charge in [0.1, 0.15) is 5.52 Å². The van der Waals surface area contributed by atoms with Crippen molar-refractivity contribution < 1.29 is 4.42 Å². The molecule has 0 amide bonds. The van der Waals surface area contributed by atoms with Gasteiger partial charge in [0.2, 0.25) is 0 Å². The maximum Gasteiger partial charge on any atom is 0.360 e. The van der Waals surface area contributed by atoms with Crippen molar-refractivity contribution in [3.8, 4) is 0 Å². The Morgan fingerprint density at radius 1 is 1.20 bits per heavy atom. The summed E-state index contributed by atoms with van der Waals surface area (Å²) in [6, 6.07) is 9.20. The molecule has 3 rings (SSSR count). The lowest BCUT2D eigenvalue weighted by molar-refractivity contribution is 0.562. The molecule has 0 N–H and O–H groups in total. The van der Waals surface area contributed by atoms with Crippen molar-refractivity contribution in [3.05, 3.63) is 51.4 Å². The van der Waals surface area contributed by atoms with Crippen molar-refractivity contribution >= 4 is 32.5 Å². The molecular formula is C11H6BrNO2. The van der Waals surface area contributed by atoms with Gasteiger partial charge in [0.05, 0.1) is 5.52 Å². The molecule has 74 valence electrons. The van der Waals surface area contributed by atoms with Gasteiger partial charge < -0.3 is 8.82 Å². The van der Waals surface area contributed by atoms with Gasteiger partial charge in [-0.3, -0.25) is 0 Å². The minimum atomic E-state index is -0.320. The third kappa shape index (κ3) is 1.22. The van der Waals surface area contributed by atoms with Gasteiger partial charge in [-0.05, 0) is 34.1 Å². The first-order valence-electron chi connectivity index (χ1n) is 4.45. The minimum absolute atomic E-state index is 0.320. The molecule has 3 nitrogen and oxygen atoms in total. The Morgan fingerprint density at radius 3 is 2.87 bits per heavy atom. The van der Waals surface area contributed by atoms with E-state index in [1.807, 2.05) is 28.8 Å². The topological polar surface area (TPSA) is 34.6 Å². The lowest BCUT2D eigenvalue weighted by Crippen LogP contribution is -2.03. The Balaban J connectivity index is 2.69. The summed E-state index contributed by atoms with van der Waals surface area (Å²) >= 11 is 3.34. The van der Waals surface area contributed by atoms with Crippen LogP contribution in [-0.4, -0.2) is 4.40 Å². The molecule has 0 saturated carbocycles. The maximum absolute atomic E-state index is 11.6. The normalized spacial score (nSPS) is 11.3. The van der Waals surface area contributed by atoms with Crippen LogP contribution in [0.5, 0.6) is 0 Å². The highest BCUT2D eigenvalue weighted by Gasteiger charge is 2.07. The van der Waals surface area contributed by atoms with Crippen LogP contribution < -0.4 is 5.63 Å². The van der Waals surface area contributed by atoms with Crippen molar-refractivity contribution in [1.29, 1.82) is 0 Å². The van der Waals surface area contributed by atoms with E-state index < -0.39 is 0 Å². The molecule has 2 heterocycles. The van der Waals surface area contributed by atoms with Gasteiger partial charge >= 0.3 is 5.63 Å². The zero-order valence-corrected chi connectivity index (χ0v) is 9.19. The van der Waals surface area contributed by atoms with Crippen LogP contribution in [0, 0.1) is 0 Å². The van der Waals surface area contributed by atoms with E-state index >= 15 is 0 Å². The van der Waals surface area contributed by atoms with E-state index in [4.69, 9.17) is 4.42 Å². The van der Waals surface area contributed by atoms with Gasteiger partial charge in [-0.15, -0.1) is 0 Å². The second kappa shape index (κ2) is 2.97. The molecule has 0 radical (unpaired) electrons. The summed E-state index contributed by atoms with van der Waals surface area (Å²) in [6.07, 6.45) is 1.86. The third-order valence-electron chi connectivity index (χ3n) is 2.32. The van der Waals surface area contributed by atoms with Crippen molar-refractivity contribution in [2.45, 2.75) is 0 Å². The van der Waals surface area contributed by atoms with Crippen LogP contribution in [0.4, 0.5) is 0 Å². The molecule has 0 saturated heterocycles. The largest absolute Gasteiger partial charge is 0.420 e. The fourth-order valence-electron chi connectivity index (χ4n) is 1.68. The summed E-state index contributed by atoms with van der Waals surface area (Å²) in [7, 11) is 0. The number of para-hydroxylation sites is 2. The first-order chi connectivity index (χ1) is 7.25. The van der Waals surface area contributed by atoms with Gasteiger partial charge in [-0.2, -0.15) is 0 Å². The van der Waals surface area contributed by atoms with Crippen LogP contribution in [-0.2, 0) is 0 Å². The standard InChI is InChI=1S/C11H6BrNO2/c12-7-5-9-11(14)15-10-4-2-1-3-8(10)13(9)6-7/h1-6H. The molecular weight excluding hydrogens is 258 g/mol. The van der Waals surface area contributed by atoms with E-state index in [1.165, 1.54) is 0 Å². The highest BCUT2D eigenvalue weighted by atomic mass is 79.9. The second-order valence-electron chi connectivity index (χ2n) is 3.27. The van der Waals surface area contributed by atoms with E-state index in [2.05, 4.69) is 15.9 Å². The molecule has 0 spiro atoms. The fraction of sp³-hybridized carbons (Fsp3) is 0. The Morgan fingerprint density at radius 2 is 2.00 bits per heavy atom. The summed E-state index contributed by atoms with van der Waals surface area (Å²) in [6.45, 7) is 0. The van der Waals surface area contributed by atoms with Crippen LogP contribution in [0.25, 0.3) is 16.6 Å². The predicted molar refractivity (Wildman–Crippen MR) is 61.1 cm³/mol. The van der Waals surface area contributed by atoms with Crippen molar-refractivity contribution in [1.82, 2.24) is 4.40 Å². The van der Waals surface area contributed by atoms with Crippen LogP contribution in [0.1, 0.15) is 0 Å². The number of halogens is 1. The quantitative estimate of drug-likeness (QED) is 0.625. The molecule has 3 aromatic rings. The number of nitrogens with zero attached hydrogens (tertiary/aromatic N) is 1. The van der Waals surface area contributed by atoms with Gasteiger partial charge in [-0.1, -0.05) is 12.1 Å². The van der Waals surface area contributed by atoms with Crippen LogP contribution in [0.2, 0.25) is 0 Å². The Hall–Kier alpha value is -1.55. The van der Waals surface area contributed by atoms with E-state index in [0.29, 0.717) is 11.1 Å². The van der Waals surface area contributed by atoms with Crippen molar-refractivity contribution in [2.24, 2.45) is 0 Å². The summed E-state index contributed by atoms with van der Waals surface area (Å²) in [5.41, 5.74) is 1.70. The van der Waals surface area contributed by atoms with Crippen LogP contribution in [0.3, 0.4) is 0 Å². The summed E-state index contributed by atoms with van der Waals surface area (Å²) < 4.78 is 7.88. The SMILES string of the molecule is O=c1oc2ccccc2n2cc(Br)cc12. The van der Waals surface area contributed by atoms with Crippen LogP contribution >= 0.6 is 15.9 Å². The van der Waals surface area contributed by atoms with Gasteiger partial charge in [0, 0.05) is 10.7 Å². The van der Waals surface area contributed by atoms with Gasteiger partial charge in [-0.25, -0.2) is 4.79 Å². The maximum atomic E-state index is 11.6. The number of hydrogen-bond acceptors (Lipinski definition) is 2. The lowest BCUT2D eigenvalue weighted by Gasteiger charge is -1.99. The number of hydrogen-bond donors (Lipinski definition) is 0. The third-order valence-corrected chi connectivity index (χ3v) is 2.76. The van der Waals surface area contributed by atoms with Gasteiger partial charge in [0.25, 0.3) is 0 Å². The molecule has 0 atom stereocenters. The Kier molecular flexibility index (Phi) is 1.73. The Labute approximate surface area is 93.1 Å². The number of fused-ring (bicyclic) bond motifs is 3. The van der Waals surface area contributed by atoms with E-state index in [1.54, 1.807) is 12.1 Å². The van der Waals surface area contributed by atoms with Crippen molar-refractivity contribution in [2.75, 3.05) is 0 Å². The number of benzene rings is 1. The van der Waals surface area contributed by atoms with Gasteiger partial charge in [0.15, 0.2) is 5.58 Å².